The smallest absolute Gasteiger partial charge is 0.0345 e. The second-order valence-electron chi connectivity index (χ2n) is 6.52. The first kappa shape index (κ1) is 16.2. The molecule has 0 aliphatic heterocycles. The Balaban J connectivity index is 2.50. The fourth-order valence-electron chi connectivity index (χ4n) is 2.56. The van der Waals surface area contributed by atoms with E-state index < -0.39 is 0 Å². The van der Waals surface area contributed by atoms with Crippen LogP contribution in [0.3, 0.4) is 0 Å². The molecule has 0 saturated heterocycles. The van der Waals surface area contributed by atoms with Gasteiger partial charge in [0.2, 0.25) is 0 Å². The Morgan fingerprint density at radius 2 is 1.53 bits per heavy atom. The van der Waals surface area contributed by atoms with Gasteiger partial charge in [-0.1, -0.05) is 70.9 Å². The van der Waals surface area contributed by atoms with Crippen molar-refractivity contribution in [3.8, 4) is 0 Å². The van der Waals surface area contributed by atoms with Crippen molar-refractivity contribution < 1.29 is 0 Å². The second-order valence-corrected chi connectivity index (χ2v) is 6.52. The van der Waals surface area contributed by atoms with E-state index >= 15 is 0 Å². The van der Waals surface area contributed by atoms with E-state index in [1.165, 1.54) is 24.8 Å². The summed E-state index contributed by atoms with van der Waals surface area (Å²) in [6, 6.07) is 11.9. The normalized spacial score (nSPS) is 14.9. The SMILES string of the molecule is CC(C)CCCC(C)NC(c1ccccc1)C(C)C. The number of hydrogen-bond acceptors (Lipinski definition) is 1. The van der Waals surface area contributed by atoms with Crippen LogP contribution in [0.15, 0.2) is 30.3 Å². The van der Waals surface area contributed by atoms with Gasteiger partial charge in [0.05, 0.1) is 0 Å². The zero-order chi connectivity index (χ0) is 14.3. The van der Waals surface area contributed by atoms with Gasteiger partial charge in [-0.3, -0.25) is 0 Å². The van der Waals surface area contributed by atoms with Gasteiger partial charge in [0, 0.05) is 12.1 Å². The molecule has 2 unspecified atom stereocenters. The zero-order valence-electron chi connectivity index (χ0n) is 13.3. The van der Waals surface area contributed by atoms with Crippen LogP contribution in [0.1, 0.15) is 65.5 Å². The summed E-state index contributed by atoms with van der Waals surface area (Å²) >= 11 is 0. The van der Waals surface area contributed by atoms with Crippen molar-refractivity contribution in [1.29, 1.82) is 0 Å². The summed E-state index contributed by atoms with van der Waals surface area (Å²) in [7, 11) is 0. The van der Waals surface area contributed by atoms with E-state index in [2.05, 4.69) is 70.3 Å². The number of rotatable bonds is 8. The highest BCUT2D eigenvalue weighted by atomic mass is 14.9. The second kappa shape index (κ2) is 8.37. The van der Waals surface area contributed by atoms with Gasteiger partial charge < -0.3 is 5.32 Å². The van der Waals surface area contributed by atoms with Crippen LogP contribution in [0.2, 0.25) is 0 Å². The first-order valence-electron chi connectivity index (χ1n) is 7.81. The lowest BCUT2D eigenvalue weighted by Crippen LogP contribution is -2.33. The molecule has 0 amide bonds. The third-order valence-electron chi connectivity index (χ3n) is 3.71. The summed E-state index contributed by atoms with van der Waals surface area (Å²) < 4.78 is 0. The summed E-state index contributed by atoms with van der Waals surface area (Å²) in [5.74, 6) is 1.44. The van der Waals surface area contributed by atoms with Crippen LogP contribution in [0.5, 0.6) is 0 Å². The molecule has 0 heterocycles. The lowest BCUT2D eigenvalue weighted by molar-refractivity contribution is 0.349. The van der Waals surface area contributed by atoms with Crippen molar-refractivity contribution in [3.05, 3.63) is 35.9 Å². The largest absolute Gasteiger partial charge is 0.307 e. The molecule has 19 heavy (non-hydrogen) atoms. The van der Waals surface area contributed by atoms with Crippen molar-refractivity contribution >= 4 is 0 Å². The molecule has 2 atom stereocenters. The third kappa shape index (κ3) is 6.24. The molecule has 0 spiro atoms. The molecule has 0 aliphatic carbocycles. The van der Waals surface area contributed by atoms with Crippen LogP contribution in [0, 0.1) is 11.8 Å². The predicted molar refractivity (Wildman–Crippen MR) is 85.3 cm³/mol. The van der Waals surface area contributed by atoms with E-state index in [0.717, 1.165) is 5.92 Å². The van der Waals surface area contributed by atoms with E-state index in [4.69, 9.17) is 0 Å². The molecule has 1 heteroatoms. The minimum absolute atomic E-state index is 0.468. The number of nitrogens with one attached hydrogen (secondary N) is 1. The Bertz CT molecular complexity index is 329. The molecule has 108 valence electrons. The van der Waals surface area contributed by atoms with Gasteiger partial charge in [0.25, 0.3) is 0 Å². The highest BCUT2D eigenvalue weighted by Gasteiger charge is 2.17. The molecule has 0 fully saturated rings. The maximum atomic E-state index is 3.81. The first-order chi connectivity index (χ1) is 9.00. The summed E-state index contributed by atoms with van der Waals surface area (Å²) in [6.45, 7) is 11.5. The number of benzene rings is 1. The Kier molecular flexibility index (Phi) is 7.15. The summed E-state index contributed by atoms with van der Waals surface area (Å²) in [4.78, 5) is 0. The quantitative estimate of drug-likeness (QED) is 0.679. The van der Waals surface area contributed by atoms with Gasteiger partial charge in [-0.15, -0.1) is 0 Å². The van der Waals surface area contributed by atoms with Crippen LogP contribution in [0.4, 0.5) is 0 Å². The summed E-state index contributed by atoms with van der Waals surface area (Å²) in [5.41, 5.74) is 1.41. The van der Waals surface area contributed by atoms with E-state index in [9.17, 15) is 0 Å². The number of hydrogen-bond donors (Lipinski definition) is 1. The molecular weight excluding hydrogens is 230 g/mol. The van der Waals surface area contributed by atoms with E-state index in [1.807, 2.05) is 0 Å². The van der Waals surface area contributed by atoms with E-state index in [-0.39, 0.29) is 0 Å². The van der Waals surface area contributed by atoms with Crippen LogP contribution in [0.25, 0.3) is 0 Å². The summed E-state index contributed by atoms with van der Waals surface area (Å²) in [6.07, 6.45) is 3.93. The van der Waals surface area contributed by atoms with Gasteiger partial charge >= 0.3 is 0 Å². The van der Waals surface area contributed by atoms with Crippen LogP contribution >= 0.6 is 0 Å². The van der Waals surface area contributed by atoms with Crippen LogP contribution in [-0.2, 0) is 0 Å². The first-order valence-corrected chi connectivity index (χ1v) is 7.81. The fraction of sp³-hybridized carbons (Fsp3) is 0.667. The Morgan fingerprint density at radius 1 is 0.895 bits per heavy atom. The maximum Gasteiger partial charge on any atom is 0.0345 e. The van der Waals surface area contributed by atoms with Crippen molar-refractivity contribution in [2.45, 2.75) is 66.0 Å². The lowest BCUT2D eigenvalue weighted by atomic mass is 9.94. The lowest BCUT2D eigenvalue weighted by Gasteiger charge is -2.27. The highest BCUT2D eigenvalue weighted by molar-refractivity contribution is 5.19. The Labute approximate surface area is 119 Å². The predicted octanol–water partition coefficient (Wildman–Crippen LogP) is 5.19. The van der Waals surface area contributed by atoms with Crippen LogP contribution in [-0.4, -0.2) is 6.04 Å². The Morgan fingerprint density at radius 3 is 2.05 bits per heavy atom. The molecule has 1 nitrogen and oxygen atoms in total. The van der Waals surface area contributed by atoms with E-state index in [0.29, 0.717) is 18.0 Å². The molecule has 1 aromatic rings. The molecule has 0 saturated carbocycles. The molecule has 0 bridgehead atoms. The van der Waals surface area contributed by atoms with Crippen molar-refractivity contribution in [3.63, 3.8) is 0 Å². The molecule has 0 aliphatic rings. The molecule has 1 rings (SSSR count). The standard InChI is InChI=1S/C18H31N/c1-14(2)10-9-11-16(5)19-18(15(3)4)17-12-7-6-8-13-17/h6-8,12-16,18-19H,9-11H2,1-5H3. The van der Waals surface area contributed by atoms with Gasteiger partial charge in [0.15, 0.2) is 0 Å². The molecule has 0 radical (unpaired) electrons. The average molecular weight is 261 g/mol. The molecular formula is C18H31N. The minimum atomic E-state index is 0.468. The van der Waals surface area contributed by atoms with Gasteiger partial charge in [0.1, 0.15) is 0 Å². The molecule has 0 aromatic heterocycles. The topological polar surface area (TPSA) is 12.0 Å². The van der Waals surface area contributed by atoms with E-state index in [1.54, 1.807) is 0 Å². The van der Waals surface area contributed by atoms with Gasteiger partial charge in [-0.25, -0.2) is 0 Å². The maximum absolute atomic E-state index is 3.81. The van der Waals surface area contributed by atoms with Gasteiger partial charge in [-0.2, -0.15) is 0 Å². The minimum Gasteiger partial charge on any atom is -0.307 e. The Hall–Kier alpha value is -0.820. The zero-order valence-corrected chi connectivity index (χ0v) is 13.3. The monoisotopic (exact) mass is 261 g/mol. The summed E-state index contributed by atoms with van der Waals surface area (Å²) in [5, 5.41) is 3.81. The average Bonchev–Trinajstić information content (AvgIpc) is 2.36. The molecule has 1 aromatic carbocycles. The van der Waals surface area contributed by atoms with Crippen molar-refractivity contribution in [2.75, 3.05) is 0 Å². The third-order valence-corrected chi connectivity index (χ3v) is 3.71. The highest BCUT2D eigenvalue weighted by Crippen LogP contribution is 2.22. The fourth-order valence-corrected chi connectivity index (χ4v) is 2.56. The van der Waals surface area contributed by atoms with Crippen LogP contribution < -0.4 is 5.32 Å². The van der Waals surface area contributed by atoms with Crippen molar-refractivity contribution in [1.82, 2.24) is 5.32 Å². The van der Waals surface area contributed by atoms with Crippen molar-refractivity contribution in [2.24, 2.45) is 11.8 Å². The van der Waals surface area contributed by atoms with Gasteiger partial charge in [-0.05, 0) is 30.7 Å². The molecule has 1 N–H and O–H groups in total.